The predicted molar refractivity (Wildman–Crippen MR) is 75.2 cm³/mol. The lowest BCUT2D eigenvalue weighted by Gasteiger charge is -2.39. The van der Waals surface area contributed by atoms with Crippen molar-refractivity contribution in [1.29, 1.82) is 0 Å². The van der Waals surface area contributed by atoms with Crippen molar-refractivity contribution in [1.82, 2.24) is 0 Å². The first-order chi connectivity index (χ1) is 8.26. The zero-order chi connectivity index (χ0) is 13.8. The minimum Gasteiger partial charge on any atom is -0.472 e. The molecule has 0 aliphatic heterocycles. The second-order valence-corrected chi connectivity index (χ2v) is 11.0. The molecule has 1 aromatic heterocycles. The van der Waals surface area contributed by atoms with Crippen molar-refractivity contribution < 1.29 is 13.6 Å². The van der Waals surface area contributed by atoms with Gasteiger partial charge in [0.05, 0.1) is 18.6 Å². The van der Waals surface area contributed by atoms with Crippen LogP contribution >= 0.6 is 0 Å². The molecular formula is C14H24O3Si. The molecule has 1 atom stereocenters. The molecule has 0 aliphatic rings. The Kier molecular flexibility index (Phi) is 4.93. The fraction of sp³-hybridized carbons (Fsp3) is 0.643. The Morgan fingerprint density at radius 2 is 2.11 bits per heavy atom. The monoisotopic (exact) mass is 268 g/mol. The van der Waals surface area contributed by atoms with E-state index in [1.807, 2.05) is 6.07 Å². The summed E-state index contributed by atoms with van der Waals surface area (Å²) < 4.78 is 11.3. The third kappa shape index (κ3) is 4.10. The second-order valence-electron chi connectivity index (χ2n) is 6.24. The van der Waals surface area contributed by atoms with E-state index in [1.54, 1.807) is 12.5 Å². The van der Waals surface area contributed by atoms with Crippen LogP contribution in [0.5, 0.6) is 0 Å². The van der Waals surface area contributed by atoms with Gasteiger partial charge in [-0.25, -0.2) is 0 Å². The molecule has 3 nitrogen and oxygen atoms in total. The number of carbonyl (C=O) groups is 1. The standard InChI is InChI=1S/C14H24O3Si/c1-14(2,3)18(4,5)17-13(6-8-15)10-12-7-9-16-11-12/h7-9,11,13H,6,10H2,1-5H3/t13-/m0/s1. The first-order valence-electron chi connectivity index (χ1n) is 6.39. The summed E-state index contributed by atoms with van der Waals surface area (Å²) in [5, 5.41) is 0.157. The largest absolute Gasteiger partial charge is 0.472 e. The Hall–Kier alpha value is -0.873. The van der Waals surface area contributed by atoms with E-state index >= 15 is 0 Å². The van der Waals surface area contributed by atoms with E-state index in [0.29, 0.717) is 6.42 Å². The van der Waals surface area contributed by atoms with Gasteiger partial charge in [0, 0.05) is 12.8 Å². The van der Waals surface area contributed by atoms with Gasteiger partial charge >= 0.3 is 0 Å². The third-order valence-electron chi connectivity index (χ3n) is 3.67. The molecule has 0 saturated heterocycles. The Labute approximate surface area is 111 Å². The molecule has 0 unspecified atom stereocenters. The number of hydrogen-bond acceptors (Lipinski definition) is 3. The Morgan fingerprint density at radius 3 is 2.56 bits per heavy atom. The molecule has 1 aromatic rings. The summed E-state index contributed by atoms with van der Waals surface area (Å²) in [7, 11) is -1.83. The van der Waals surface area contributed by atoms with E-state index in [4.69, 9.17) is 8.84 Å². The van der Waals surface area contributed by atoms with Crippen molar-refractivity contribution in [2.75, 3.05) is 0 Å². The highest BCUT2D eigenvalue weighted by atomic mass is 28.4. The number of furan rings is 1. The predicted octanol–water partition coefficient (Wildman–Crippen LogP) is 3.80. The van der Waals surface area contributed by atoms with Crippen LogP contribution in [0.1, 0.15) is 32.8 Å². The van der Waals surface area contributed by atoms with Crippen LogP contribution in [0.2, 0.25) is 18.1 Å². The smallest absolute Gasteiger partial charge is 0.192 e. The highest BCUT2D eigenvalue weighted by Gasteiger charge is 2.39. The molecule has 0 spiro atoms. The maximum atomic E-state index is 10.8. The molecule has 0 amide bonds. The van der Waals surface area contributed by atoms with Crippen molar-refractivity contribution >= 4 is 14.6 Å². The zero-order valence-electron chi connectivity index (χ0n) is 12.0. The normalized spacial score (nSPS) is 14.5. The van der Waals surface area contributed by atoms with Crippen LogP contribution in [-0.4, -0.2) is 20.7 Å². The van der Waals surface area contributed by atoms with Crippen molar-refractivity contribution in [2.24, 2.45) is 0 Å². The Balaban J connectivity index is 2.71. The molecule has 18 heavy (non-hydrogen) atoms. The summed E-state index contributed by atoms with van der Waals surface area (Å²) in [4.78, 5) is 10.8. The molecule has 1 heterocycles. The summed E-state index contributed by atoms with van der Waals surface area (Å²) in [5.74, 6) is 0. The molecule has 4 heteroatoms. The van der Waals surface area contributed by atoms with E-state index in [1.165, 1.54) is 0 Å². The lowest BCUT2D eigenvalue weighted by Crippen LogP contribution is -2.44. The number of rotatable bonds is 6. The number of aldehydes is 1. The fourth-order valence-electron chi connectivity index (χ4n) is 1.55. The maximum absolute atomic E-state index is 10.8. The summed E-state index contributed by atoms with van der Waals surface area (Å²) >= 11 is 0. The molecule has 0 aromatic carbocycles. The quantitative estimate of drug-likeness (QED) is 0.582. The number of hydrogen-bond donors (Lipinski definition) is 0. The fourth-order valence-corrected chi connectivity index (χ4v) is 2.91. The zero-order valence-corrected chi connectivity index (χ0v) is 13.0. The molecule has 1 rings (SSSR count). The van der Waals surface area contributed by atoms with Crippen molar-refractivity contribution in [3.8, 4) is 0 Å². The van der Waals surface area contributed by atoms with Crippen LogP contribution < -0.4 is 0 Å². The molecule has 0 aliphatic carbocycles. The minimum absolute atomic E-state index is 0.0407. The lowest BCUT2D eigenvalue weighted by atomic mass is 10.1. The lowest BCUT2D eigenvalue weighted by molar-refractivity contribution is -0.109. The molecule has 0 N–H and O–H groups in total. The van der Waals surface area contributed by atoms with E-state index < -0.39 is 8.32 Å². The van der Waals surface area contributed by atoms with Crippen molar-refractivity contribution in [2.45, 2.75) is 57.8 Å². The van der Waals surface area contributed by atoms with E-state index in [9.17, 15) is 4.79 Å². The Morgan fingerprint density at radius 1 is 1.44 bits per heavy atom. The van der Waals surface area contributed by atoms with Crippen LogP contribution in [0.15, 0.2) is 23.0 Å². The molecule has 0 bridgehead atoms. The molecule has 102 valence electrons. The minimum atomic E-state index is -1.83. The van der Waals surface area contributed by atoms with Gasteiger partial charge in [0.25, 0.3) is 0 Å². The van der Waals surface area contributed by atoms with Crippen LogP contribution in [-0.2, 0) is 15.6 Å². The topological polar surface area (TPSA) is 39.4 Å². The van der Waals surface area contributed by atoms with Crippen molar-refractivity contribution in [3.63, 3.8) is 0 Å². The van der Waals surface area contributed by atoms with Gasteiger partial charge < -0.3 is 13.6 Å². The summed E-state index contributed by atoms with van der Waals surface area (Å²) in [6, 6.07) is 1.92. The van der Waals surface area contributed by atoms with Gasteiger partial charge in [-0.05, 0) is 29.8 Å². The summed E-state index contributed by atoms with van der Waals surface area (Å²) in [6.45, 7) is 11.0. The molecule has 0 radical (unpaired) electrons. The number of carbonyl (C=O) groups excluding carboxylic acids is 1. The van der Waals surface area contributed by atoms with E-state index in [2.05, 4.69) is 33.9 Å². The van der Waals surface area contributed by atoms with Crippen LogP contribution in [0.4, 0.5) is 0 Å². The summed E-state index contributed by atoms with van der Waals surface area (Å²) in [6.07, 6.45) is 5.45. The van der Waals surface area contributed by atoms with Crippen LogP contribution in [0, 0.1) is 0 Å². The molecular weight excluding hydrogens is 244 g/mol. The van der Waals surface area contributed by atoms with Gasteiger partial charge in [0.2, 0.25) is 0 Å². The third-order valence-corrected chi connectivity index (χ3v) is 8.21. The highest BCUT2D eigenvalue weighted by Crippen LogP contribution is 2.37. The van der Waals surface area contributed by atoms with E-state index in [0.717, 1.165) is 18.3 Å². The van der Waals surface area contributed by atoms with Gasteiger partial charge in [0.15, 0.2) is 8.32 Å². The maximum Gasteiger partial charge on any atom is 0.192 e. The molecule has 0 fully saturated rings. The summed E-state index contributed by atoms with van der Waals surface area (Å²) in [5.41, 5.74) is 1.08. The first kappa shape index (κ1) is 15.2. The average molecular weight is 268 g/mol. The molecule has 0 saturated carbocycles. The average Bonchev–Trinajstić information content (AvgIpc) is 2.68. The van der Waals surface area contributed by atoms with Gasteiger partial charge in [-0.2, -0.15) is 0 Å². The van der Waals surface area contributed by atoms with Crippen LogP contribution in [0.25, 0.3) is 0 Å². The van der Waals surface area contributed by atoms with Gasteiger partial charge in [-0.15, -0.1) is 0 Å². The highest BCUT2D eigenvalue weighted by molar-refractivity contribution is 6.74. The van der Waals surface area contributed by atoms with Crippen LogP contribution in [0.3, 0.4) is 0 Å². The van der Waals surface area contributed by atoms with Crippen molar-refractivity contribution in [3.05, 3.63) is 24.2 Å². The van der Waals surface area contributed by atoms with E-state index in [-0.39, 0.29) is 11.1 Å². The van der Waals surface area contributed by atoms with Gasteiger partial charge in [-0.1, -0.05) is 20.8 Å². The second kappa shape index (κ2) is 5.84. The van der Waals surface area contributed by atoms with Gasteiger partial charge in [0.1, 0.15) is 6.29 Å². The SMILES string of the molecule is CC(C)(C)[Si](C)(C)O[C@@H](CC=O)Cc1ccoc1. The van der Waals surface area contributed by atoms with Gasteiger partial charge in [-0.3, -0.25) is 0 Å². The first-order valence-corrected chi connectivity index (χ1v) is 9.29. The Bertz CT molecular complexity index is 363.